The Morgan fingerprint density at radius 1 is 1.28 bits per heavy atom. The van der Waals surface area contributed by atoms with Crippen LogP contribution in [-0.2, 0) is 16.1 Å². The van der Waals surface area contributed by atoms with Crippen molar-refractivity contribution in [1.29, 1.82) is 0 Å². The summed E-state index contributed by atoms with van der Waals surface area (Å²) in [6, 6.07) is 0.329. The third kappa shape index (κ3) is 4.67. The monoisotopic (exact) mass is 367 g/mol. The Balaban J connectivity index is 1.55. The molecular formula is C17H29N5O2S. The second kappa shape index (κ2) is 8.89. The summed E-state index contributed by atoms with van der Waals surface area (Å²) in [6.45, 7) is 8.23. The first kappa shape index (κ1) is 18.5. The summed E-state index contributed by atoms with van der Waals surface area (Å²) in [5.41, 5.74) is 0. The second-order valence-corrected chi connectivity index (χ2v) is 7.79. The van der Waals surface area contributed by atoms with E-state index in [1.54, 1.807) is 0 Å². The third-order valence-electron chi connectivity index (χ3n) is 5.10. The second-order valence-electron chi connectivity index (χ2n) is 6.85. The standard InChI is InChI=1S/C17H29N5O2S/c1-3-22-16(21-8-10-24-11-9-21)19-20-17(22)25-12-15(23)18-14-7-5-4-6-13(14)2/h13-14H,3-12H2,1-2H3,(H,18,23)/t13-,14-/m1/s1. The lowest BCUT2D eigenvalue weighted by Gasteiger charge is -2.29. The zero-order valence-corrected chi connectivity index (χ0v) is 16.1. The minimum Gasteiger partial charge on any atom is -0.378 e. The maximum Gasteiger partial charge on any atom is 0.230 e. The van der Waals surface area contributed by atoms with E-state index in [1.165, 1.54) is 31.0 Å². The van der Waals surface area contributed by atoms with Gasteiger partial charge in [-0.05, 0) is 25.7 Å². The van der Waals surface area contributed by atoms with E-state index in [2.05, 4.69) is 38.8 Å². The number of morpholine rings is 1. The number of thioether (sulfide) groups is 1. The Labute approximate surface area is 153 Å². The molecule has 1 N–H and O–H groups in total. The molecule has 0 spiro atoms. The molecule has 0 bridgehead atoms. The molecule has 1 amide bonds. The fourth-order valence-electron chi connectivity index (χ4n) is 3.57. The average Bonchev–Trinajstić information content (AvgIpc) is 3.05. The van der Waals surface area contributed by atoms with Gasteiger partial charge in [0.1, 0.15) is 0 Å². The number of carbonyl (C=O) groups is 1. The number of nitrogens with one attached hydrogen (secondary N) is 1. The summed E-state index contributed by atoms with van der Waals surface area (Å²) in [5.74, 6) is 1.96. The van der Waals surface area contributed by atoms with Crippen LogP contribution in [0.3, 0.4) is 0 Å². The zero-order valence-electron chi connectivity index (χ0n) is 15.2. The van der Waals surface area contributed by atoms with E-state index >= 15 is 0 Å². The minimum absolute atomic E-state index is 0.0994. The molecule has 0 aromatic carbocycles. The van der Waals surface area contributed by atoms with Crippen LogP contribution in [0.5, 0.6) is 0 Å². The average molecular weight is 368 g/mol. The van der Waals surface area contributed by atoms with Gasteiger partial charge in [-0.1, -0.05) is 31.5 Å². The predicted octanol–water partition coefficient (Wildman–Crippen LogP) is 1.92. The highest BCUT2D eigenvalue weighted by atomic mass is 32.2. The highest BCUT2D eigenvalue weighted by Gasteiger charge is 2.24. The van der Waals surface area contributed by atoms with Crippen LogP contribution >= 0.6 is 11.8 Å². The lowest BCUT2D eigenvalue weighted by Crippen LogP contribution is -2.41. The number of aromatic nitrogens is 3. The SMILES string of the molecule is CCn1c(SCC(=O)N[C@@H]2CCCC[C@H]2C)nnc1N1CCOCC1. The van der Waals surface area contributed by atoms with E-state index < -0.39 is 0 Å². The molecule has 7 nitrogen and oxygen atoms in total. The summed E-state index contributed by atoms with van der Waals surface area (Å²) in [4.78, 5) is 14.5. The summed E-state index contributed by atoms with van der Waals surface area (Å²) >= 11 is 1.47. The number of rotatable bonds is 6. The van der Waals surface area contributed by atoms with Gasteiger partial charge in [-0.25, -0.2) is 0 Å². The van der Waals surface area contributed by atoms with Crippen molar-refractivity contribution < 1.29 is 9.53 Å². The van der Waals surface area contributed by atoms with Gasteiger partial charge in [-0.2, -0.15) is 0 Å². The Bertz CT molecular complexity index is 573. The molecular weight excluding hydrogens is 338 g/mol. The van der Waals surface area contributed by atoms with Crippen molar-refractivity contribution in [3.63, 3.8) is 0 Å². The topological polar surface area (TPSA) is 72.3 Å². The van der Waals surface area contributed by atoms with Crippen LogP contribution in [0.25, 0.3) is 0 Å². The molecule has 8 heteroatoms. The third-order valence-corrected chi connectivity index (χ3v) is 6.06. The molecule has 2 atom stereocenters. The number of nitrogens with zero attached hydrogens (tertiary/aromatic N) is 4. The number of ether oxygens (including phenoxy) is 1. The summed E-state index contributed by atoms with van der Waals surface area (Å²) < 4.78 is 7.49. The first-order chi connectivity index (χ1) is 12.2. The van der Waals surface area contributed by atoms with Gasteiger partial charge in [-0.3, -0.25) is 9.36 Å². The molecule has 2 heterocycles. The van der Waals surface area contributed by atoms with Gasteiger partial charge in [0.05, 0.1) is 19.0 Å². The molecule has 0 unspecified atom stereocenters. The predicted molar refractivity (Wildman–Crippen MR) is 99.0 cm³/mol. The number of hydrogen-bond donors (Lipinski definition) is 1. The van der Waals surface area contributed by atoms with Crippen LogP contribution < -0.4 is 10.2 Å². The Morgan fingerprint density at radius 3 is 2.76 bits per heavy atom. The van der Waals surface area contributed by atoms with Gasteiger partial charge >= 0.3 is 0 Å². The summed E-state index contributed by atoms with van der Waals surface area (Å²) in [7, 11) is 0. The van der Waals surface area contributed by atoms with Gasteiger partial charge in [0.2, 0.25) is 11.9 Å². The van der Waals surface area contributed by atoms with E-state index in [9.17, 15) is 4.79 Å². The van der Waals surface area contributed by atoms with Crippen molar-refractivity contribution in [1.82, 2.24) is 20.1 Å². The molecule has 0 radical (unpaired) electrons. The molecule has 2 aliphatic rings. The van der Waals surface area contributed by atoms with Crippen LogP contribution in [-0.4, -0.2) is 58.8 Å². The van der Waals surface area contributed by atoms with Gasteiger partial charge in [0, 0.05) is 25.7 Å². The van der Waals surface area contributed by atoms with Crippen molar-refractivity contribution in [2.75, 3.05) is 37.0 Å². The fraction of sp³-hybridized carbons (Fsp3) is 0.824. The Morgan fingerprint density at radius 2 is 2.04 bits per heavy atom. The van der Waals surface area contributed by atoms with Crippen LogP contribution in [0.1, 0.15) is 39.5 Å². The summed E-state index contributed by atoms with van der Waals surface area (Å²) in [5, 5.41) is 12.7. The van der Waals surface area contributed by atoms with Crippen LogP contribution in [0.4, 0.5) is 5.95 Å². The molecule has 1 saturated carbocycles. The molecule has 3 rings (SSSR count). The highest BCUT2D eigenvalue weighted by Crippen LogP contribution is 2.25. The Hall–Kier alpha value is -1.28. The normalized spacial score (nSPS) is 24.3. The van der Waals surface area contributed by atoms with E-state index in [0.717, 1.165) is 50.4 Å². The zero-order chi connectivity index (χ0) is 17.6. The van der Waals surface area contributed by atoms with E-state index in [4.69, 9.17) is 4.74 Å². The van der Waals surface area contributed by atoms with Crippen LogP contribution in [0.2, 0.25) is 0 Å². The summed E-state index contributed by atoms with van der Waals surface area (Å²) in [6.07, 6.45) is 4.82. The van der Waals surface area contributed by atoms with E-state index in [-0.39, 0.29) is 5.91 Å². The molecule has 1 aliphatic heterocycles. The minimum atomic E-state index is 0.0994. The van der Waals surface area contributed by atoms with Gasteiger partial charge < -0.3 is 15.0 Å². The van der Waals surface area contributed by atoms with Crippen LogP contribution in [0, 0.1) is 5.92 Å². The fourth-order valence-corrected chi connectivity index (χ4v) is 4.38. The van der Waals surface area contributed by atoms with Crippen molar-refractivity contribution in [3.05, 3.63) is 0 Å². The molecule has 1 aromatic heterocycles. The number of hydrogen-bond acceptors (Lipinski definition) is 6. The van der Waals surface area contributed by atoms with E-state index in [0.29, 0.717) is 17.7 Å². The van der Waals surface area contributed by atoms with E-state index in [1.807, 2.05) is 0 Å². The molecule has 2 fully saturated rings. The maximum absolute atomic E-state index is 12.3. The first-order valence-electron chi connectivity index (χ1n) is 9.37. The van der Waals surface area contributed by atoms with Crippen molar-refractivity contribution in [3.8, 4) is 0 Å². The Kier molecular flexibility index (Phi) is 6.58. The van der Waals surface area contributed by atoms with Crippen molar-refractivity contribution >= 4 is 23.6 Å². The molecule has 25 heavy (non-hydrogen) atoms. The highest BCUT2D eigenvalue weighted by molar-refractivity contribution is 7.99. The quantitative estimate of drug-likeness (QED) is 0.775. The first-order valence-corrected chi connectivity index (χ1v) is 10.4. The largest absolute Gasteiger partial charge is 0.378 e. The maximum atomic E-state index is 12.3. The number of carbonyl (C=O) groups excluding carboxylic acids is 1. The van der Waals surface area contributed by atoms with Crippen molar-refractivity contribution in [2.45, 2.75) is 57.3 Å². The lowest BCUT2D eigenvalue weighted by atomic mass is 9.86. The molecule has 1 aliphatic carbocycles. The molecule has 140 valence electrons. The van der Waals surface area contributed by atoms with Gasteiger partial charge in [0.15, 0.2) is 5.16 Å². The van der Waals surface area contributed by atoms with Crippen molar-refractivity contribution in [2.24, 2.45) is 5.92 Å². The molecule has 1 saturated heterocycles. The van der Waals surface area contributed by atoms with Crippen LogP contribution in [0.15, 0.2) is 5.16 Å². The molecule has 1 aromatic rings. The van der Waals surface area contributed by atoms with Gasteiger partial charge in [-0.15, -0.1) is 10.2 Å². The smallest absolute Gasteiger partial charge is 0.230 e. The van der Waals surface area contributed by atoms with Gasteiger partial charge in [0.25, 0.3) is 0 Å². The number of anilines is 1. The number of amides is 1. The lowest BCUT2D eigenvalue weighted by molar-refractivity contribution is -0.119.